The SMILES string of the molecule is O=C(NCCc1cccc(F)c1)c1cc(Br)ccc1-n1cnnn1. The van der Waals surface area contributed by atoms with Gasteiger partial charge in [0.1, 0.15) is 12.1 Å². The highest BCUT2D eigenvalue weighted by Crippen LogP contribution is 2.19. The molecule has 0 aliphatic rings. The maximum atomic E-state index is 13.2. The van der Waals surface area contributed by atoms with Gasteiger partial charge in [-0.05, 0) is 52.7 Å². The predicted octanol–water partition coefficient (Wildman–Crippen LogP) is 2.54. The van der Waals surface area contributed by atoms with Crippen LogP contribution >= 0.6 is 15.9 Å². The van der Waals surface area contributed by atoms with Gasteiger partial charge in [-0.1, -0.05) is 28.1 Å². The Morgan fingerprint density at radius 1 is 1.25 bits per heavy atom. The van der Waals surface area contributed by atoms with Gasteiger partial charge in [0, 0.05) is 11.0 Å². The molecule has 6 nitrogen and oxygen atoms in total. The molecule has 8 heteroatoms. The smallest absolute Gasteiger partial charge is 0.253 e. The van der Waals surface area contributed by atoms with Crippen LogP contribution in [0.5, 0.6) is 0 Å². The molecule has 0 saturated carbocycles. The second-order valence-electron chi connectivity index (χ2n) is 5.05. The molecule has 1 aromatic heterocycles. The van der Waals surface area contributed by atoms with Gasteiger partial charge in [-0.2, -0.15) is 4.68 Å². The lowest BCUT2D eigenvalue weighted by atomic mass is 10.1. The third-order valence-electron chi connectivity index (χ3n) is 3.39. The molecule has 3 rings (SSSR count). The van der Waals surface area contributed by atoms with Crippen LogP contribution < -0.4 is 5.32 Å². The van der Waals surface area contributed by atoms with Crippen molar-refractivity contribution in [1.82, 2.24) is 25.5 Å². The van der Waals surface area contributed by atoms with E-state index in [4.69, 9.17) is 0 Å². The zero-order chi connectivity index (χ0) is 16.9. The minimum atomic E-state index is -0.285. The molecule has 0 radical (unpaired) electrons. The number of nitrogens with zero attached hydrogens (tertiary/aromatic N) is 4. The quantitative estimate of drug-likeness (QED) is 0.727. The number of rotatable bonds is 5. The lowest BCUT2D eigenvalue weighted by Gasteiger charge is -2.10. The van der Waals surface area contributed by atoms with Crippen molar-refractivity contribution in [2.75, 3.05) is 6.54 Å². The van der Waals surface area contributed by atoms with Gasteiger partial charge in [-0.3, -0.25) is 4.79 Å². The molecule has 3 aromatic rings. The van der Waals surface area contributed by atoms with Crippen LogP contribution in [0.1, 0.15) is 15.9 Å². The van der Waals surface area contributed by atoms with Crippen LogP contribution in [-0.4, -0.2) is 32.7 Å². The summed E-state index contributed by atoms with van der Waals surface area (Å²) in [5, 5.41) is 13.8. The van der Waals surface area contributed by atoms with Crippen molar-refractivity contribution in [3.05, 3.63) is 70.2 Å². The van der Waals surface area contributed by atoms with Gasteiger partial charge in [0.25, 0.3) is 5.91 Å². The summed E-state index contributed by atoms with van der Waals surface area (Å²) in [7, 11) is 0. The number of carbonyl (C=O) groups excluding carboxylic acids is 1. The van der Waals surface area contributed by atoms with Crippen molar-refractivity contribution < 1.29 is 9.18 Å². The van der Waals surface area contributed by atoms with E-state index in [2.05, 4.69) is 36.8 Å². The highest BCUT2D eigenvalue weighted by molar-refractivity contribution is 9.10. The summed E-state index contributed by atoms with van der Waals surface area (Å²) >= 11 is 3.36. The number of halogens is 2. The van der Waals surface area contributed by atoms with Crippen molar-refractivity contribution >= 4 is 21.8 Å². The summed E-state index contributed by atoms with van der Waals surface area (Å²) in [5.41, 5.74) is 1.84. The van der Waals surface area contributed by atoms with E-state index in [0.717, 1.165) is 10.0 Å². The zero-order valence-corrected chi connectivity index (χ0v) is 14.1. The van der Waals surface area contributed by atoms with E-state index in [1.165, 1.54) is 23.1 Å². The third kappa shape index (κ3) is 3.83. The number of nitrogens with one attached hydrogen (secondary N) is 1. The Labute approximate surface area is 145 Å². The largest absolute Gasteiger partial charge is 0.352 e. The van der Waals surface area contributed by atoms with Crippen molar-refractivity contribution in [3.63, 3.8) is 0 Å². The Morgan fingerprint density at radius 3 is 2.88 bits per heavy atom. The fourth-order valence-corrected chi connectivity index (χ4v) is 2.63. The molecule has 0 bridgehead atoms. The van der Waals surface area contributed by atoms with Crippen LogP contribution in [0.3, 0.4) is 0 Å². The van der Waals surface area contributed by atoms with Gasteiger partial charge in [0.2, 0.25) is 0 Å². The number of benzene rings is 2. The maximum Gasteiger partial charge on any atom is 0.253 e. The van der Waals surface area contributed by atoms with Crippen molar-refractivity contribution in [2.45, 2.75) is 6.42 Å². The fourth-order valence-electron chi connectivity index (χ4n) is 2.27. The van der Waals surface area contributed by atoms with Gasteiger partial charge in [-0.25, -0.2) is 4.39 Å². The molecule has 0 atom stereocenters. The molecule has 0 aliphatic heterocycles. The summed E-state index contributed by atoms with van der Waals surface area (Å²) in [5.74, 6) is -0.537. The maximum absolute atomic E-state index is 13.2. The lowest BCUT2D eigenvalue weighted by molar-refractivity contribution is 0.0954. The monoisotopic (exact) mass is 389 g/mol. The normalized spacial score (nSPS) is 10.6. The second kappa shape index (κ2) is 7.31. The van der Waals surface area contributed by atoms with Crippen molar-refractivity contribution in [3.8, 4) is 5.69 Å². The molecular weight excluding hydrogens is 377 g/mol. The Bertz CT molecular complexity index is 853. The molecule has 2 aromatic carbocycles. The average Bonchev–Trinajstić information content (AvgIpc) is 3.09. The number of amides is 1. The summed E-state index contributed by atoms with van der Waals surface area (Å²) in [4.78, 5) is 12.5. The van der Waals surface area contributed by atoms with E-state index in [9.17, 15) is 9.18 Å². The van der Waals surface area contributed by atoms with Crippen LogP contribution in [0.15, 0.2) is 53.3 Å². The Hall–Kier alpha value is -2.61. The Kier molecular flexibility index (Phi) is 4.95. The minimum absolute atomic E-state index is 0.252. The summed E-state index contributed by atoms with van der Waals surface area (Å²) in [6.45, 7) is 0.393. The van der Waals surface area contributed by atoms with Crippen LogP contribution in [0.25, 0.3) is 5.69 Å². The highest BCUT2D eigenvalue weighted by Gasteiger charge is 2.14. The highest BCUT2D eigenvalue weighted by atomic mass is 79.9. The lowest BCUT2D eigenvalue weighted by Crippen LogP contribution is -2.27. The minimum Gasteiger partial charge on any atom is -0.352 e. The van der Waals surface area contributed by atoms with Crippen molar-refractivity contribution in [2.24, 2.45) is 0 Å². The van der Waals surface area contributed by atoms with E-state index < -0.39 is 0 Å². The fraction of sp³-hybridized carbons (Fsp3) is 0.125. The summed E-state index contributed by atoms with van der Waals surface area (Å²) in [6.07, 6.45) is 1.96. The predicted molar refractivity (Wildman–Crippen MR) is 89.3 cm³/mol. The molecule has 0 fully saturated rings. The summed E-state index contributed by atoms with van der Waals surface area (Å²) in [6, 6.07) is 11.6. The Morgan fingerprint density at radius 2 is 2.12 bits per heavy atom. The van der Waals surface area contributed by atoms with Gasteiger partial charge < -0.3 is 5.32 Å². The molecule has 1 amide bonds. The first-order chi connectivity index (χ1) is 11.6. The molecule has 1 heterocycles. The molecule has 122 valence electrons. The van der Waals surface area contributed by atoms with Gasteiger partial charge in [-0.15, -0.1) is 5.10 Å². The van der Waals surface area contributed by atoms with Crippen LogP contribution in [0.4, 0.5) is 4.39 Å². The van der Waals surface area contributed by atoms with Gasteiger partial charge in [0.05, 0.1) is 11.3 Å². The molecular formula is C16H13BrFN5O. The number of tetrazole rings is 1. The van der Waals surface area contributed by atoms with Gasteiger partial charge in [0.15, 0.2) is 0 Å². The Balaban J connectivity index is 1.72. The van der Waals surface area contributed by atoms with Crippen LogP contribution in [-0.2, 0) is 6.42 Å². The number of hydrogen-bond donors (Lipinski definition) is 1. The van der Waals surface area contributed by atoms with Crippen LogP contribution in [0, 0.1) is 5.82 Å². The van der Waals surface area contributed by atoms with Crippen LogP contribution in [0.2, 0.25) is 0 Å². The average molecular weight is 390 g/mol. The number of hydrogen-bond acceptors (Lipinski definition) is 4. The first-order valence-electron chi connectivity index (χ1n) is 7.19. The summed E-state index contributed by atoms with van der Waals surface area (Å²) < 4.78 is 15.4. The first kappa shape index (κ1) is 16.3. The van der Waals surface area contributed by atoms with E-state index in [0.29, 0.717) is 24.2 Å². The third-order valence-corrected chi connectivity index (χ3v) is 3.88. The molecule has 0 aliphatic carbocycles. The number of carbonyl (C=O) groups is 1. The topological polar surface area (TPSA) is 72.7 Å². The van der Waals surface area contributed by atoms with E-state index in [1.54, 1.807) is 24.3 Å². The van der Waals surface area contributed by atoms with E-state index >= 15 is 0 Å². The second-order valence-corrected chi connectivity index (χ2v) is 5.97. The first-order valence-corrected chi connectivity index (χ1v) is 7.98. The van der Waals surface area contributed by atoms with Gasteiger partial charge >= 0.3 is 0 Å². The van der Waals surface area contributed by atoms with E-state index in [-0.39, 0.29) is 11.7 Å². The molecule has 0 saturated heterocycles. The number of aromatic nitrogens is 4. The van der Waals surface area contributed by atoms with Crippen molar-refractivity contribution in [1.29, 1.82) is 0 Å². The standard InChI is InChI=1S/C16H13BrFN5O/c17-12-4-5-15(23-10-20-21-22-23)14(9-12)16(24)19-7-6-11-2-1-3-13(18)8-11/h1-5,8-10H,6-7H2,(H,19,24). The molecule has 0 spiro atoms. The zero-order valence-electron chi connectivity index (χ0n) is 12.5. The molecule has 1 N–H and O–H groups in total. The molecule has 24 heavy (non-hydrogen) atoms. The van der Waals surface area contributed by atoms with E-state index in [1.807, 2.05) is 6.07 Å². The molecule has 0 unspecified atom stereocenters.